The van der Waals surface area contributed by atoms with Crippen molar-refractivity contribution in [3.8, 4) is 23.0 Å². The van der Waals surface area contributed by atoms with Crippen LogP contribution in [0.3, 0.4) is 0 Å². The van der Waals surface area contributed by atoms with Gasteiger partial charge in [0.05, 0.1) is 11.1 Å². The highest BCUT2D eigenvalue weighted by Crippen LogP contribution is 2.28. The van der Waals surface area contributed by atoms with Gasteiger partial charge in [0.15, 0.2) is 12.1 Å². The third-order valence-corrected chi connectivity index (χ3v) is 3.99. The summed E-state index contributed by atoms with van der Waals surface area (Å²) in [6.45, 7) is 3.25. The Morgan fingerprint density at radius 2 is 2.12 bits per heavy atom. The molecule has 0 spiro atoms. The molecule has 124 valence electrons. The number of carbonyl (C=O) groups is 1. The summed E-state index contributed by atoms with van der Waals surface area (Å²) in [5.74, 6) is -0.324. The smallest absolute Gasteiger partial charge is 0.280 e. The number of hydrogen-bond acceptors (Lipinski definition) is 4. The fourth-order valence-electron chi connectivity index (χ4n) is 2.77. The van der Waals surface area contributed by atoms with E-state index in [-0.39, 0.29) is 16.7 Å². The number of benzene rings is 1. The fraction of sp³-hybridized carbons (Fsp3) is 0.111. The summed E-state index contributed by atoms with van der Waals surface area (Å²) >= 11 is 0. The van der Waals surface area contributed by atoms with Crippen LogP contribution in [-0.2, 0) is 0 Å². The number of rotatable bonds is 3. The van der Waals surface area contributed by atoms with Crippen molar-refractivity contribution in [1.29, 1.82) is 5.26 Å². The monoisotopic (exact) mass is 336 g/mol. The molecule has 7 heteroatoms. The van der Waals surface area contributed by atoms with E-state index in [1.54, 1.807) is 13.0 Å². The van der Waals surface area contributed by atoms with Crippen molar-refractivity contribution < 1.29 is 9.18 Å². The third kappa shape index (κ3) is 2.64. The van der Waals surface area contributed by atoms with Crippen LogP contribution < -0.4 is 5.56 Å². The Morgan fingerprint density at radius 1 is 1.36 bits per heavy atom. The Balaban J connectivity index is 2.17. The van der Waals surface area contributed by atoms with E-state index < -0.39 is 11.4 Å². The summed E-state index contributed by atoms with van der Waals surface area (Å²) in [4.78, 5) is 27.5. The number of aryl methyl sites for hydroxylation is 1. The van der Waals surface area contributed by atoms with Crippen molar-refractivity contribution in [3.05, 3.63) is 69.0 Å². The molecule has 3 aromatic rings. The molecule has 0 saturated heterocycles. The fourth-order valence-corrected chi connectivity index (χ4v) is 2.77. The summed E-state index contributed by atoms with van der Waals surface area (Å²) in [6.07, 6.45) is 3.48. The molecule has 0 radical (unpaired) electrons. The molecule has 2 aromatic heterocycles. The Morgan fingerprint density at radius 3 is 2.72 bits per heavy atom. The van der Waals surface area contributed by atoms with Crippen molar-refractivity contribution in [3.63, 3.8) is 0 Å². The number of aromatic amines is 1. The van der Waals surface area contributed by atoms with Gasteiger partial charge in [0.1, 0.15) is 11.9 Å². The van der Waals surface area contributed by atoms with E-state index in [2.05, 4.69) is 10.1 Å². The second-order valence-corrected chi connectivity index (χ2v) is 5.56. The van der Waals surface area contributed by atoms with Gasteiger partial charge in [0, 0.05) is 18.0 Å². The first kappa shape index (κ1) is 16.3. The summed E-state index contributed by atoms with van der Waals surface area (Å²) in [5.41, 5.74) is 1.53. The van der Waals surface area contributed by atoms with E-state index >= 15 is 0 Å². The zero-order valence-electron chi connectivity index (χ0n) is 13.5. The third-order valence-electron chi connectivity index (χ3n) is 3.99. The van der Waals surface area contributed by atoms with Crippen LogP contribution in [0.2, 0.25) is 0 Å². The lowest BCUT2D eigenvalue weighted by Crippen LogP contribution is -2.17. The molecule has 0 unspecified atom stereocenters. The average molecular weight is 336 g/mol. The van der Waals surface area contributed by atoms with Gasteiger partial charge in [-0.25, -0.2) is 14.1 Å². The number of hydrogen-bond donors (Lipinski definition) is 1. The number of aldehydes is 1. The number of carbonyl (C=O) groups excluding carboxylic acids is 1. The quantitative estimate of drug-likeness (QED) is 0.744. The topological polar surface area (TPSA) is 91.5 Å². The van der Waals surface area contributed by atoms with Crippen LogP contribution in [0.4, 0.5) is 4.39 Å². The maximum atomic E-state index is 14.3. The minimum absolute atomic E-state index is 0.0549. The second kappa shape index (κ2) is 6.17. The average Bonchev–Trinajstić information content (AvgIpc) is 2.99. The largest absolute Gasteiger partial charge is 0.298 e. The number of pyridine rings is 1. The second-order valence-electron chi connectivity index (χ2n) is 5.56. The van der Waals surface area contributed by atoms with E-state index in [1.807, 2.05) is 6.07 Å². The Hall–Kier alpha value is -3.53. The highest BCUT2D eigenvalue weighted by atomic mass is 19.1. The van der Waals surface area contributed by atoms with Crippen LogP contribution >= 0.6 is 0 Å². The van der Waals surface area contributed by atoms with Gasteiger partial charge in [-0.1, -0.05) is 0 Å². The Kier molecular flexibility index (Phi) is 4.03. The molecule has 1 aromatic carbocycles. The highest BCUT2D eigenvalue weighted by Gasteiger charge is 2.19. The lowest BCUT2D eigenvalue weighted by molar-refractivity contribution is 0.112. The van der Waals surface area contributed by atoms with Crippen LogP contribution in [0.25, 0.3) is 16.9 Å². The van der Waals surface area contributed by atoms with Gasteiger partial charge in [-0.15, -0.1) is 0 Å². The minimum atomic E-state index is -0.635. The van der Waals surface area contributed by atoms with Gasteiger partial charge in [-0.3, -0.25) is 14.7 Å². The molecular weight excluding hydrogens is 323 g/mol. The van der Waals surface area contributed by atoms with Crippen LogP contribution in [0, 0.1) is 31.0 Å². The standard InChI is InChI=1S/C18H13FN4O2/c1-10-5-13(6-20)17(19)11(2)16(10)14-8-22-23(18(14)25)15-4-3-12(9-24)7-21-15/h3-5,7-9,22H,1-2H3. The summed E-state index contributed by atoms with van der Waals surface area (Å²) in [7, 11) is 0. The normalized spacial score (nSPS) is 10.5. The van der Waals surface area contributed by atoms with Crippen LogP contribution in [0.15, 0.2) is 35.4 Å². The molecule has 25 heavy (non-hydrogen) atoms. The van der Waals surface area contributed by atoms with Crippen molar-refractivity contribution in [1.82, 2.24) is 14.8 Å². The van der Waals surface area contributed by atoms with E-state index in [0.29, 0.717) is 28.8 Å². The first-order valence-corrected chi connectivity index (χ1v) is 7.40. The van der Waals surface area contributed by atoms with Crippen LogP contribution in [-0.4, -0.2) is 21.1 Å². The van der Waals surface area contributed by atoms with Crippen LogP contribution in [0.5, 0.6) is 0 Å². The first-order chi connectivity index (χ1) is 12.0. The molecule has 3 rings (SSSR count). The summed E-state index contributed by atoms with van der Waals surface area (Å²) in [6, 6.07) is 6.30. The van der Waals surface area contributed by atoms with E-state index in [0.717, 1.165) is 0 Å². The van der Waals surface area contributed by atoms with Gasteiger partial charge in [0.25, 0.3) is 5.56 Å². The molecular formula is C18H13FN4O2. The zero-order valence-corrected chi connectivity index (χ0v) is 13.5. The number of nitrogens with zero attached hydrogens (tertiary/aromatic N) is 3. The lowest BCUT2D eigenvalue weighted by Gasteiger charge is -2.09. The molecule has 0 aliphatic rings. The van der Waals surface area contributed by atoms with Gasteiger partial charge in [0.2, 0.25) is 0 Å². The molecule has 0 amide bonds. The predicted molar refractivity (Wildman–Crippen MR) is 89.2 cm³/mol. The van der Waals surface area contributed by atoms with Gasteiger partial charge < -0.3 is 0 Å². The van der Waals surface area contributed by atoms with Crippen molar-refractivity contribution >= 4 is 6.29 Å². The minimum Gasteiger partial charge on any atom is -0.298 e. The van der Waals surface area contributed by atoms with Gasteiger partial charge in [-0.2, -0.15) is 5.26 Å². The first-order valence-electron chi connectivity index (χ1n) is 7.40. The van der Waals surface area contributed by atoms with Gasteiger partial charge >= 0.3 is 0 Å². The summed E-state index contributed by atoms with van der Waals surface area (Å²) in [5, 5.41) is 11.8. The molecule has 0 aliphatic heterocycles. The molecule has 0 atom stereocenters. The zero-order chi connectivity index (χ0) is 18.1. The van der Waals surface area contributed by atoms with Gasteiger partial charge in [-0.05, 0) is 48.7 Å². The number of halogens is 1. The highest BCUT2D eigenvalue weighted by molar-refractivity contribution is 5.74. The molecule has 0 fully saturated rings. The number of nitriles is 1. The van der Waals surface area contributed by atoms with Crippen molar-refractivity contribution in [2.75, 3.05) is 0 Å². The predicted octanol–water partition coefficient (Wildman–Crippen LogP) is 2.67. The number of nitrogens with one attached hydrogen (secondary N) is 1. The van der Waals surface area contributed by atoms with Crippen molar-refractivity contribution in [2.24, 2.45) is 0 Å². The number of aromatic nitrogens is 3. The molecule has 1 N–H and O–H groups in total. The SMILES string of the molecule is Cc1cc(C#N)c(F)c(C)c1-c1c[nH]n(-c2ccc(C=O)cn2)c1=O. The summed E-state index contributed by atoms with van der Waals surface area (Å²) < 4.78 is 15.5. The molecule has 0 bridgehead atoms. The maximum Gasteiger partial charge on any atom is 0.280 e. The van der Waals surface area contributed by atoms with E-state index in [4.69, 9.17) is 5.26 Å². The Bertz CT molecular complexity index is 1070. The van der Waals surface area contributed by atoms with Crippen LogP contribution in [0.1, 0.15) is 27.0 Å². The number of H-pyrrole nitrogens is 1. The molecule has 0 aliphatic carbocycles. The molecule has 2 heterocycles. The van der Waals surface area contributed by atoms with E-state index in [9.17, 15) is 14.0 Å². The molecule has 6 nitrogen and oxygen atoms in total. The lowest BCUT2D eigenvalue weighted by atomic mass is 9.95. The maximum absolute atomic E-state index is 14.3. The molecule has 0 saturated carbocycles. The van der Waals surface area contributed by atoms with Crippen molar-refractivity contribution in [2.45, 2.75) is 13.8 Å². The Labute approximate surface area is 142 Å². The van der Waals surface area contributed by atoms with E-state index in [1.165, 1.54) is 36.1 Å².